The molecule has 2 aromatic rings. The summed E-state index contributed by atoms with van der Waals surface area (Å²) in [6.07, 6.45) is 0.224. The number of ketones is 1. The summed E-state index contributed by atoms with van der Waals surface area (Å²) in [6, 6.07) is 10.6. The van der Waals surface area contributed by atoms with Gasteiger partial charge in [0.25, 0.3) is 0 Å². The highest BCUT2D eigenvalue weighted by molar-refractivity contribution is 9.10. The van der Waals surface area contributed by atoms with Crippen LogP contribution in [0.4, 0.5) is 31.0 Å². The van der Waals surface area contributed by atoms with Gasteiger partial charge in [0.2, 0.25) is 5.78 Å². The zero-order valence-corrected chi connectivity index (χ0v) is 24.0. The van der Waals surface area contributed by atoms with Crippen LogP contribution in [0.25, 0.3) is 0 Å². The van der Waals surface area contributed by atoms with Crippen molar-refractivity contribution < 1.29 is 28.7 Å². The lowest BCUT2D eigenvalue weighted by Gasteiger charge is -2.31. The van der Waals surface area contributed by atoms with E-state index in [-0.39, 0.29) is 22.1 Å². The van der Waals surface area contributed by atoms with Gasteiger partial charge in [-0.25, -0.2) is 29.2 Å². The van der Waals surface area contributed by atoms with Crippen LogP contribution in [-0.4, -0.2) is 52.5 Å². The topological polar surface area (TPSA) is 144 Å². The van der Waals surface area contributed by atoms with E-state index in [0.717, 1.165) is 12.1 Å². The Kier molecular flexibility index (Phi) is 10.5. The van der Waals surface area contributed by atoms with Gasteiger partial charge in [0.15, 0.2) is 5.84 Å². The molecule has 0 radical (unpaired) electrons. The smallest absolute Gasteiger partial charge is 0.419 e. The minimum absolute atomic E-state index is 0.188. The van der Waals surface area contributed by atoms with Crippen molar-refractivity contribution in [3.8, 4) is 0 Å². The van der Waals surface area contributed by atoms with E-state index >= 15 is 0 Å². The van der Waals surface area contributed by atoms with Gasteiger partial charge in [-0.1, -0.05) is 0 Å². The van der Waals surface area contributed by atoms with E-state index in [1.54, 1.807) is 49.9 Å². The predicted molar refractivity (Wildman–Crippen MR) is 151 cm³/mol. The molecule has 5 N–H and O–H groups in total. The second kappa shape index (κ2) is 13.6. The second-order valence-electron chi connectivity index (χ2n) is 9.61. The Morgan fingerprint density at radius 1 is 1.10 bits per heavy atom. The van der Waals surface area contributed by atoms with Crippen LogP contribution in [0.5, 0.6) is 0 Å². The third-order valence-corrected chi connectivity index (χ3v) is 6.69. The highest BCUT2D eigenvalue weighted by Gasteiger charge is 2.30. The van der Waals surface area contributed by atoms with E-state index in [4.69, 9.17) is 4.74 Å². The monoisotopic (exact) mass is 624 g/mol. The lowest BCUT2D eigenvalue weighted by Crippen LogP contribution is -2.44. The number of rotatable bonds is 7. The number of likely N-dealkylation sites (tertiary alicyclic amines) is 1. The molecule has 0 unspecified atom stereocenters. The molecule has 1 aliphatic heterocycles. The molecule has 0 bridgehead atoms. The molecule has 14 heteroatoms. The maximum atomic E-state index is 13.5. The van der Waals surface area contributed by atoms with E-state index in [1.807, 2.05) is 5.48 Å². The Labute approximate surface area is 238 Å². The van der Waals surface area contributed by atoms with Crippen molar-refractivity contribution in [3.05, 3.63) is 52.8 Å². The summed E-state index contributed by atoms with van der Waals surface area (Å²) in [5.41, 5.74) is 2.84. The number of aliphatic imine (C=N–C) groups is 1. The summed E-state index contributed by atoms with van der Waals surface area (Å²) >= 11 is 4.03. The average molecular weight is 626 g/mol. The number of amides is 3. The lowest BCUT2D eigenvalue weighted by molar-refractivity contribution is -0.118. The zero-order valence-electron chi connectivity index (χ0n) is 21.6. The summed E-state index contributed by atoms with van der Waals surface area (Å²) < 4.78 is 24.3. The highest BCUT2D eigenvalue weighted by Crippen LogP contribution is 2.24. The summed E-state index contributed by atoms with van der Waals surface area (Å²) in [4.78, 5) is 43.0. The number of carbonyl (C=O) groups is 3. The molecule has 1 fully saturated rings. The van der Waals surface area contributed by atoms with Gasteiger partial charge in [0, 0.05) is 30.4 Å². The number of hydroxylamine groups is 1. The normalized spacial score (nSPS) is 14.4. The first kappa shape index (κ1) is 30.2. The van der Waals surface area contributed by atoms with Crippen molar-refractivity contribution in [1.82, 2.24) is 15.1 Å². The number of nitrogens with one attached hydrogen (secondary N) is 4. The molecule has 1 aliphatic rings. The first-order chi connectivity index (χ1) is 18.4. The molecule has 1 saturated heterocycles. The minimum Gasteiger partial charge on any atom is -0.443 e. The van der Waals surface area contributed by atoms with Crippen molar-refractivity contribution >= 4 is 68.9 Å². The fourth-order valence-electron chi connectivity index (χ4n) is 3.61. The number of carbonyl (C=O) groups excluding carboxylic acids is 3. The number of urea groups is 1. The Hall–Kier alpha value is -3.36. The molecule has 0 aliphatic carbocycles. The average Bonchev–Trinajstić information content (AvgIpc) is 2.89. The van der Waals surface area contributed by atoms with Gasteiger partial charge in [-0.15, -0.1) is 0 Å². The first-order valence-electron chi connectivity index (χ1n) is 12.0. The molecule has 0 saturated carbocycles. The van der Waals surface area contributed by atoms with Crippen LogP contribution in [0.3, 0.4) is 0 Å². The Bertz CT molecular complexity index is 1220. The third-order valence-electron chi connectivity index (χ3n) is 5.47. The fraction of sp³-hybridized carbons (Fsp3) is 0.360. The van der Waals surface area contributed by atoms with Crippen molar-refractivity contribution in [3.63, 3.8) is 0 Å². The van der Waals surface area contributed by atoms with Crippen LogP contribution in [0, 0.1) is 11.7 Å². The van der Waals surface area contributed by atoms with Crippen molar-refractivity contribution in [2.45, 2.75) is 39.2 Å². The number of nitrogens with zero attached hydrogens (tertiary/aromatic N) is 2. The lowest BCUT2D eigenvalue weighted by atomic mass is 9.92. The van der Waals surface area contributed by atoms with Crippen LogP contribution in [0.2, 0.25) is 0 Å². The van der Waals surface area contributed by atoms with Crippen LogP contribution >= 0.6 is 28.1 Å². The number of anilines is 2. The van der Waals surface area contributed by atoms with Gasteiger partial charge >= 0.3 is 12.1 Å². The standard InChI is InChI=1S/C25H30BrFN6O5S/c1-25(2,3)38-24(36)32-39-31-17-6-4-16(5-7-17)29-23(35)33-12-10-15(11-13-33)21(34)22(30-37)28-18-8-9-20(27)19(26)14-18/h4-9,14-15,31,37H,10-13H2,1-3H3,(H,28,30)(H,29,35)(H,32,36). The van der Waals surface area contributed by atoms with E-state index < -0.39 is 23.4 Å². The van der Waals surface area contributed by atoms with Crippen molar-refractivity contribution in [2.75, 3.05) is 23.1 Å². The Morgan fingerprint density at radius 3 is 2.33 bits per heavy atom. The van der Waals surface area contributed by atoms with E-state index in [2.05, 4.69) is 35.7 Å². The van der Waals surface area contributed by atoms with Gasteiger partial charge in [0.05, 0.1) is 22.3 Å². The van der Waals surface area contributed by atoms with Gasteiger partial charge < -0.3 is 19.7 Å². The maximum absolute atomic E-state index is 13.5. The quantitative estimate of drug-likeness (QED) is 0.116. The molecule has 0 spiro atoms. The number of hydrogen-bond donors (Lipinski definition) is 5. The van der Waals surface area contributed by atoms with Crippen LogP contribution in [0.15, 0.2) is 51.9 Å². The molecule has 3 amide bonds. The minimum atomic E-state index is -0.591. The van der Waals surface area contributed by atoms with Crippen LogP contribution in [-0.2, 0) is 9.53 Å². The Morgan fingerprint density at radius 2 is 1.74 bits per heavy atom. The molecule has 2 aromatic carbocycles. The van der Waals surface area contributed by atoms with E-state index in [1.165, 1.54) is 18.2 Å². The molecule has 1 heterocycles. The van der Waals surface area contributed by atoms with Crippen LogP contribution < -0.4 is 20.2 Å². The highest BCUT2D eigenvalue weighted by atomic mass is 79.9. The summed E-state index contributed by atoms with van der Waals surface area (Å²) in [5, 5.41) is 12.3. The Balaban J connectivity index is 1.46. The van der Waals surface area contributed by atoms with E-state index in [0.29, 0.717) is 43.0 Å². The number of benzene rings is 2. The molecule has 39 heavy (non-hydrogen) atoms. The third kappa shape index (κ3) is 9.41. The van der Waals surface area contributed by atoms with Gasteiger partial charge in [-0.05, 0) is 92.0 Å². The molecule has 3 rings (SSSR count). The fourth-order valence-corrected chi connectivity index (χ4v) is 4.40. The van der Waals surface area contributed by atoms with Crippen molar-refractivity contribution in [2.24, 2.45) is 10.9 Å². The zero-order chi connectivity index (χ0) is 28.6. The molecular weight excluding hydrogens is 595 g/mol. The molecular formula is C25H30BrFN6O5S. The largest absolute Gasteiger partial charge is 0.443 e. The summed E-state index contributed by atoms with van der Waals surface area (Å²) in [7, 11) is 0. The molecule has 0 atom stereocenters. The van der Waals surface area contributed by atoms with Gasteiger partial charge in [-0.2, -0.15) is 0 Å². The van der Waals surface area contributed by atoms with Crippen molar-refractivity contribution in [1.29, 1.82) is 0 Å². The second-order valence-corrected chi connectivity index (χ2v) is 11.1. The maximum Gasteiger partial charge on any atom is 0.419 e. The van der Waals surface area contributed by atoms with Gasteiger partial charge in [0.1, 0.15) is 11.4 Å². The van der Waals surface area contributed by atoms with E-state index in [9.17, 15) is 24.0 Å². The number of Topliss-reactive ketones (excluding diaryl/α,β-unsaturated/α-hetero) is 1. The molecule has 210 valence electrons. The SMILES string of the molecule is CC(C)(C)OC(=O)NSNc1ccc(NC(=O)N2CCC(C(=O)C(=Nc3ccc(F)c(Br)c3)NO)CC2)cc1. The van der Waals surface area contributed by atoms with Gasteiger partial charge in [-0.3, -0.25) is 10.0 Å². The first-order valence-corrected chi connectivity index (χ1v) is 13.6. The predicted octanol–water partition coefficient (Wildman–Crippen LogP) is 5.61. The number of halogens is 2. The van der Waals surface area contributed by atoms with Crippen LogP contribution in [0.1, 0.15) is 33.6 Å². The number of hydrogen-bond acceptors (Lipinski definition) is 8. The number of piperidine rings is 1. The number of ether oxygens (including phenoxy) is 1. The summed E-state index contributed by atoms with van der Waals surface area (Å²) in [6.45, 7) is 6.01. The summed E-state index contributed by atoms with van der Waals surface area (Å²) in [5.74, 6) is -1.54. The molecule has 0 aromatic heterocycles. The number of amidine groups is 1. The molecule has 11 nitrogen and oxygen atoms in total.